The molecule has 1 heterocycles. The van der Waals surface area contributed by atoms with Gasteiger partial charge in [0.05, 0.1) is 23.4 Å². The second-order valence-corrected chi connectivity index (χ2v) is 21.7. The largest absolute Gasteiger partial charge is 0.494 e. The van der Waals surface area contributed by atoms with Crippen LogP contribution >= 0.6 is 23.4 Å². The standard InChI is InChI=1S/C35H43ClF3N3O4S2Si/c1-34(2,3)49(7,8)46-17-9-16-40-48(43,44)25-19-27(36)26(29(39)20-25)21-47-33-41-31(22-10-13-24(37)14-11-22)32(42-33)35(4,5)23-12-15-28(38)30(18-23)45-6/h10-15,18-20,40H,9,16-17,21H2,1-8H3,(H,41,42). The summed E-state index contributed by atoms with van der Waals surface area (Å²) in [6.45, 7) is 15.1. The van der Waals surface area contributed by atoms with Gasteiger partial charge in [-0.1, -0.05) is 64.0 Å². The zero-order valence-electron chi connectivity index (χ0n) is 28.9. The fourth-order valence-corrected chi connectivity index (χ4v) is 8.32. The van der Waals surface area contributed by atoms with E-state index >= 15 is 4.39 Å². The highest BCUT2D eigenvalue weighted by Gasteiger charge is 2.37. The lowest BCUT2D eigenvalue weighted by Crippen LogP contribution is -2.41. The van der Waals surface area contributed by atoms with E-state index in [0.717, 1.165) is 11.6 Å². The van der Waals surface area contributed by atoms with E-state index in [4.69, 9.17) is 25.7 Å². The summed E-state index contributed by atoms with van der Waals surface area (Å²) in [6, 6.07) is 12.7. The minimum absolute atomic E-state index is 0.0316. The zero-order chi connectivity index (χ0) is 36.4. The maximum atomic E-state index is 15.4. The average molecular weight is 754 g/mol. The molecule has 0 saturated heterocycles. The van der Waals surface area contributed by atoms with Gasteiger partial charge in [-0.2, -0.15) is 0 Å². The fraction of sp³-hybridized carbons (Fsp3) is 0.400. The van der Waals surface area contributed by atoms with Crippen molar-refractivity contribution in [2.24, 2.45) is 0 Å². The van der Waals surface area contributed by atoms with Crippen LogP contribution in [0, 0.1) is 17.5 Å². The van der Waals surface area contributed by atoms with Gasteiger partial charge < -0.3 is 14.1 Å². The molecule has 0 fully saturated rings. The number of rotatable bonds is 14. The van der Waals surface area contributed by atoms with Crippen LogP contribution in [0.2, 0.25) is 23.2 Å². The number of halogens is 4. The van der Waals surface area contributed by atoms with Crippen molar-refractivity contribution >= 4 is 41.7 Å². The normalized spacial score (nSPS) is 12.8. The molecular formula is C35H43ClF3N3O4S2Si. The number of nitrogens with zero attached hydrogens (tertiary/aromatic N) is 1. The van der Waals surface area contributed by atoms with Crippen LogP contribution in [0.25, 0.3) is 11.3 Å². The first-order valence-electron chi connectivity index (χ1n) is 15.7. The lowest BCUT2D eigenvalue weighted by atomic mass is 9.79. The number of imidazole rings is 1. The summed E-state index contributed by atoms with van der Waals surface area (Å²) in [6.07, 6.45) is 0.466. The first-order valence-corrected chi connectivity index (χ1v) is 21.5. The maximum absolute atomic E-state index is 15.4. The number of thioether (sulfide) groups is 1. The van der Waals surface area contributed by atoms with Crippen LogP contribution in [0.4, 0.5) is 13.2 Å². The quantitative estimate of drug-likeness (QED) is 0.0758. The summed E-state index contributed by atoms with van der Waals surface area (Å²) in [5.41, 5.74) is 1.92. The Morgan fingerprint density at radius 3 is 2.27 bits per heavy atom. The number of sulfonamides is 1. The van der Waals surface area contributed by atoms with Crippen molar-refractivity contribution in [2.45, 2.75) is 80.4 Å². The van der Waals surface area contributed by atoms with Crippen molar-refractivity contribution in [1.82, 2.24) is 14.7 Å². The Hall–Kier alpha value is -2.81. The molecule has 0 unspecified atom stereocenters. The zero-order valence-corrected chi connectivity index (χ0v) is 32.3. The highest BCUT2D eigenvalue weighted by molar-refractivity contribution is 7.98. The number of methoxy groups -OCH3 is 1. The van der Waals surface area contributed by atoms with Crippen molar-refractivity contribution in [3.8, 4) is 17.0 Å². The third kappa shape index (κ3) is 9.11. The fourth-order valence-electron chi connectivity index (χ4n) is 4.80. The summed E-state index contributed by atoms with van der Waals surface area (Å²) in [5.74, 6) is -1.55. The molecule has 0 saturated carbocycles. The Balaban J connectivity index is 1.53. The van der Waals surface area contributed by atoms with E-state index in [0.29, 0.717) is 35.1 Å². The molecule has 0 radical (unpaired) electrons. The van der Waals surface area contributed by atoms with Crippen LogP contribution in [0.3, 0.4) is 0 Å². The second-order valence-electron chi connectivity index (χ2n) is 13.8. The topological polar surface area (TPSA) is 93.3 Å². The minimum atomic E-state index is -4.02. The Morgan fingerprint density at radius 1 is 0.980 bits per heavy atom. The lowest BCUT2D eigenvalue weighted by Gasteiger charge is -2.36. The predicted octanol–water partition coefficient (Wildman–Crippen LogP) is 9.46. The molecule has 0 bridgehead atoms. The van der Waals surface area contributed by atoms with Crippen molar-refractivity contribution in [1.29, 1.82) is 0 Å². The predicted molar refractivity (Wildman–Crippen MR) is 193 cm³/mol. The number of aromatic nitrogens is 2. The molecule has 266 valence electrons. The van der Waals surface area contributed by atoms with Gasteiger partial charge in [-0.25, -0.2) is 31.3 Å². The van der Waals surface area contributed by atoms with Gasteiger partial charge in [-0.3, -0.25) is 0 Å². The number of aromatic amines is 1. The summed E-state index contributed by atoms with van der Waals surface area (Å²) in [4.78, 5) is 7.82. The second kappa shape index (κ2) is 15.2. The SMILES string of the molecule is COc1cc(C(C)(C)c2[nH]c(SCc3c(F)cc(S(=O)(=O)NCCCO[Si](C)(C)C(C)(C)C)cc3Cl)nc2-c2ccc(F)cc2)ccc1F. The van der Waals surface area contributed by atoms with Gasteiger partial charge in [0.1, 0.15) is 11.6 Å². The molecule has 0 spiro atoms. The van der Waals surface area contributed by atoms with Crippen LogP contribution in [0.5, 0.6) is 5.75 Å². The van der Waals surface area contributed by atoms with Crippen LogP contribution in [-0.2, 0) is 25.6 Å². The molecule has 7 nitrogen and oxygen atoms in total. The van der Waals surface area contributed by atoms with Gasteiger partial charge >= 0.3 is 0 Å². The van der Waals surface area contributed by atoms with Crippen LogP contribution in [0.15, 0.2) is 64.6 Å². The van der Waals surface area contributed by atoms with Gasteiger partial charge in [0.2, 0.25) is 10.0 Å². The van der Waals surface area contributed by atoms with E-state index in [2.05, 4.69) is 43.6 Å². The number of benzene rings is 3. The Morgan fingerprint density at radius 2 is 1.65 bits per heavy atom. The van der Waals surface area contributed by atoms with E-state index in [1.165, 1.54) is 43.1 Å². The number of ether oxygens (including phenoxy) is 1. The van der Waals surface area contributed by atoms with Crippen molar-refractivity contribution in [3.05, 3.63) is 93.9 Å². The molecule has 0 atom stereocenters. The van der Waals surface area contributed by atoms with Gasteiger partial charge in [-0.15, -0.1) is 0 Å². The van der Waals surface area contributed by atoms with Gasteiger partial charge in [0.15, 0.2) is 25.0 Å². The molecule has 4 aromatic rings. The average Bonchev–Trinajstić information content (AvgIpc) is 3.45. The molecule has 49 heavy (non-hydrogen) atoms. The van der Waals surface area contributed by atoms with Crippen LogP contribution in [-0.4, -0.2) is 47.0 Å². The van der Waals surface area contributed by atoms with E-state index in [9.17, 15) is 17.2 Å². The lowest BCUT2D eigenvalue weighted by molar-refractivity contribution is 0.283. The first kappa shape index (κ1) is 39.0. The van der Waals surface area contributed by atoms with Crippen molar-refractivity contribution < 1.29 is 30.8 Å². The summed E-state index contributed by atoms with van der Waals surface area (Å²) in [5, 5.41) is 0.420. The maximum Gasteiger partial charge on any atom is 0.240 e. The molecule has 4 rings (SSSR count). The Labute approximate surface area is 297 Å². The van der Waals surface area contributed by atoms with Gasteiger partial charge in [0.25, 0.3) is 0 Å². The van der Waals surface area contributed by atoms with E-state index in [-0.39, 0.29) is 38.6 Å². The molecule has 0 aliphatic rings. The van der Waals surface area contributed by atoms with Gasteiger partial charge in [0, 0.05) is 40.5 Å². The van der Waals surface area contributed by atoms with Crippen LogP contribution in [0.1, 0.15) is 57.9 Å². The highest BCUT2D eigenvalue weighted by Crippen LogP contribution is 2.41. The third-order valence-corrected chi connectivity index (χ3v) is 16.2. The monoisotopic (exact) mass is 753 g/mol. The number of hydrogen-bond acceptors (Lipinski definition) is 6. The van der Waals surface area contributed by atoms with E-state index < -0.39 is 41.2 Å². The third-order valence-electron chi connectivity index (χ3n) is 8.96. The number of H-pyrrole nitrogens is 1. The van der Waals surface area contributed by atoms with Crippen molar-refractivity contribution in [3.63, 3.8) is 0 Å². The molecular weight excluding hydrogens is 711 g/mol. The molecule has 2 N–H and O–H groups in total. The van der Waals surface area contributed by atoms with E-state index in [1.807, 2.05) is 13.8 Å². The van der Waals surface area contributed by atoms with Crippen LogP contribution < -0.4 is 9.46 Å². The Kier molecular flexibility index (Phi) is 12.1. The Bertz CT molecular complexity index is 1870. The van der Waals surface area contributed by atoms with E-state index in [1.54, 1.807) is 24.3 Å². The molecule has 0 amide bonds. The molecule has 1 aromatic heterocycles. The molecule has 3 aromatic carbocycles. The molecule has 14 heteroatoms. The molecule has 0 aliphatic carbocycles. The smallest absolute Gasteiger partial charge is 0.240 e. The van der Waals surface area contributed by atoms with Gasteiger partial charge in [-0.05, 0) is 78.6 Å². The first-order chi connectivity index (χ1) is 22.8. The van der Waals surface area contributed by atoms with Crippen molar-refractivity contribution in [2.75, 3.05) is 20.3 Å². The minimum Gasteiger partial charge on any atom is -0.494 e. The number of nitrogens with one attached hydrogen (secondary N) is 2. The summed E-state index contributed by atoms with van der Waals surface area (Å²) >= 11 is 7.62. The summed E-state index contributed by atoms with van der Waals surface area (Å²) < 4.78 is 83.2. The molecule has 0 aliphatic heterocycles. The highest BCUT2D eigenvalue weighted by atomic mass is 35.5. The number of hydrogen-bond donors (Lipinski definition) is 2. The summed E-state index contributed by atoms with van der Waals surface area (Å²) in [7, 11) is -4.59.